The number of hydrogen-bond acceptors (Lipinski definition) is 3. The summed E-state index contributed by atoms with van der Waals surface area (Å²) in [5, 5.41) is 1.42. The van der Waals surface area contributed by atoms with E-state index in [1.807, 2.05) is 84.9 Å². The van der Waals surface area contributed by atoms with Gasteiger partial charge in [0.05, 0.1) is 31.3 Å². The Kier molecular flexibility index (Phi) is 6.04. The van der Waals surface area contributed by atoms with Crippen LogP contribution in [-0.4, -0.2) is 31.8 Å². The zero-order valence-electron chi connectivity index (χ0n) is 20.9. The van der Waals surface area contributed by atoms with Crippen LogP contribution in [-0.2, 0) is 0 Å². The third-order valence-corrected chi connectivity index (χ3v) is 6.84. The first-order valence-corrected chi connectivity index (χ1v) is 12.2. The van der Waals surface area contributed by atoms with Crippen molar-refractivity contribution in [1.82, 2.24) is 4.48 Å². The molecule has 4 aromatic carbocycles. The van der Waals surface area contributed by atoms with Gasteiger partial charge in [0.2, 0.25) is 0 Å². The molecule has 0 atom stereocenters. The normalized spacial score (nSPS) is 13.5. The fourth-order valence-corrected chi connectivity index (χ4v) is 5.20. The standard InChI is InChI=1S/C31H23BF2N2O2/c1-37-28-17-9-7-15-24(28)30-22-13-5-3-11-20(22)26(35-30)19-27-21-12-4-6-14-23(21)31(36(27)32(33)34)25-16-8-10-18-29(25)38-2/h3-19H,1-2H3/b26-19+. The van der Waals surface area contributed by atoms with E-state index in [2.05, 4.69) is 0 Å². The summed E-state index contributed by atoms with van der Waals surface area (Å²) in [4.78, 5) is 4.97. The van der Waals surface area contributed by atoms with Gasteiger partial charge in [0.1, 0.15) is 11.5 Å². The zero-order valence-corrected chi connectivity index (χ0v) is 20.9. The van der Waals surface area contributed by atoms with Crippen molar-refractivity contribution in [2.45, 2.75) is 0 Å². The summed E-state index contributed by atoms with van der Waals surface area (Å²) >= 11 is 0. The topological polar surface area (TPSA) is 35.8 Å². The van der Waals surface area contributed by atoms with Gasteiger partial charge in [-0.1, -0.05) is 72.8 Å². The SMILES string of the molecule is COc1ccccc1C1=N/C(=C/c2c3ccccc3c(-c3ccccc3OC)n2B(F)F)c2ccccc21. The van der Waals surface area contributed by atoms with Gasteiger partial charge in [-0.3, -0.25) is 8.63 Å². The van der Waals surface area contributed by atoms with Gasteiger partial charge in [0.15, 0.2) is 0 Å². The lowest BCUT2D eigenvalue weighted by molar-refractivity contribution is 0.414. The van der Waals surface area contributed by atoms with E-state index in [9.17, 15) is 8.63 Å². The molecule has 186 valence electrons. The predicted octanol–water partition coefficient (Wildman–Crippen LogP) is 7.45. The van der Waals surface area contributed by atoms with E-state index < -0.39 is 7.40 Å². The lowest BCUT2D eigenvalue weighted by atomic mass is 9.98. The molecule has 0 aliphatic carbocycles. The summed E-state index contributed by atoms with van der Waals surface area (Å²) in [6, 6.07) is 30.2. The Balaban J connectivity index is 1.64. The van der Waals surface area contributed by atoms with Crippen LogP contribution in [0.2, 0.25) is 0 Å². The maximum Gasteiger partial charge on any atom is 0.678 e. The van der Waals surface area contributed by atoms with Crippen molar-refractivity contribution in [3.05, 3.63) is 119 Å². The molecule has 2 heterocycles. The summed E-state index contributed by atoms with van der Waals surface area (Å²) in [7, 11) is 0.379. The number of aromatic nitrogens is 1. The molecule has 1 aliphatic rings. The number of para-hydroxylation sites is 2. The Morgan fingerprint density at radius 1 is 0.658 bits per heavy atom. The molecule has 1 aromatic heterocycles. The van der Waals surface area contributed by atoms with Crippen LogP contribution in [0.15, 0.2) is 102 Å². The molecule has 1 aliphatic heterocycles. The van der Waals surface area contributed by atoms with E-state index in [-0.39, 0.29) is 0 Å². The number of aliphatic imine (C=N–C) groups is 1. The van der Waals surface area contributed by atoms with Gasteiger partial charge in [-0.25, -0.2) is 4.99 Å². The predicted molar refractivity (Wildman–Crippen MR) is 150 cm³/mol. The Morgan fingerprint density at radius 2 is 1.18 bits per heavy atom. The van der Waals surface area contributed by atoms with Crippen LogP contribution in [0.25, 0.3) is 33.8 Å². The first-order valence-electron chi connectivity index (χ1n) is 12.2. The Bertz CT molecular complexity index is 1740. The number of rotatable bonds is 6. The van der Waals surface area contributed by atoms with Gasteiger partial charge in [0.25, 0.3) is 0 Å². The van der Waals surface area contributed by atoms with E-state index >= 15 is 0 Å². The molecule has 6 rings (SSSR count). The third kappa shape index (κ3) is 3.79. The van der Waals surface area contributed by atoms with Crippen molar-refractivity contribution in [2.24, 2.45) is 4.99 Å². The summed E-state index contributed by atoms with van der Waals surface area (Å²) in [6.45, 7) is 0. The van der Waals surface area contributed by atoms with Gasteiger partial charge in [-0.15, -0.1) is 0 Å². The summed E-state index contributed by atoms with van der Waals surface area (Å²) in [5.74, 6) is 1.22. The molecule has 0 radical (unpaired) electrons. The molecule has 7 heteroatoms. The Morgan fingerprint density at radius 3 is 1.84 bits per heavy atom. The molecule has 0 saturated carbocycles. The van der Waals surface area contributed by atoms with Gasteiger partial charge < -0.3 is 14.0 Å². The second-order valence-electron chi connectivity index (χ2n) is 8.86. The lowest BCUT2D eigenvalue weighted by Crippen LogP contribution is -2.16. The monoisotopic (exact) mass is 504 g/mol. The molecule has 38 heavy (non-hydrogen) atoms. The minimum atomic E-state index is -2.79. The molecule has 0 N–H and O–H groups in total. The minimum Gasteiger partial charge on any atom is -0.496 e. The van der Waals surface area contributed by atoms with Crippen molar-refractivity contribution >= 4 is 35.7 Å². The molecular formula is C31H23BF2N2O2. The van der Waals surface area contributed by atoms with Crippen molar-refractivity contribution in [3.8, 4) is 22.8 Å². The number of ether oxygens (including phenoxy) is 2. The van der Waals surface area contributed by atoms with Crippen LogP contribution < -0.4 is 9.47 Å². The molecule has 0 fully saturated rings. The Hall–Kier alpha value is -4.65. The van der Waals surface area contributed by atoms with Crippen LogP contribution in [0, 0.1) is 0 Å². The van der Waals surface area contributed by atoms with Crippen LogP contribution in [0.4, 0.5) is 8.63 Å². The average Bonchev–Trinajstić information content (AvgIpc) is 3.49. The number of nitrogens with zero attached hydrogens (tertiary/aromatic N) is 2. The van der Waals surface area contributed by atoms with Gasteiger partial charge in [-0.05, 0) is 30.3 Å². The van der Waals surface area contributed by atoms with E-state index in [1.165, 1.54) is 0 Å². The highest BCUT2D eigenvalue weighted by Gasteiger charge is 2.30. The van der Waals surface area contributed by atoms with Crippen molar-refractivity contribution in [2.75, 3.05) is 14.2 Å². The number of methoxy groups -OCH3 is 2. The van der Waals surface area contributed by atoms with Gasteiger partial charge in [-0.2, -0.15) is 0 Å². The highest BCUT2D eigenvalue weighted by atomic mass is 19.2. The molecule has 0 bridgehead atoms. The first kappa shape index (κ1) is 23.7. The van der Waals surface area contributed by atoms with E-state index in [1.54, 1.807) is 32.4 Å². The van der Waals surface area contributed by atoms with Crippen molar-refractivity contribution in [3.63, 3.8) is 0 Å². The number of hydrogen-bond donors (Lipinski definition) is 0. The zero-order chi connectivity index (χ0) is 26.2. The maximum absolute atomic E-state index is 14.9. The highest BCUT2D eigenvalue weighted by molar-refractivity contribution is 6.43. The Labute approximate surface area is 219 Å². The van der Waals surface area contributed by atoms with Gasteiger partial charge >= 0.3 is 7.40 Å². The second kappa shape index (κ2) is 9.67. The fourth-order valence-electron chi connectivity index (χ4n) is 5.20. The van der Waals surface area contributed by atoms with Crippen molar-refractivity contribution in [1.29, 1.82) is 0 Å². The molecule has 0 saturated heterocycles. The average molecular weight is 504 g/mol. The van der Waals surface area contributed by atoms with Gasteiger partial charge in [0, 0.05) is 38.7 Å². The third-order valence-electron chi connectivity index (χ3n) is 6.84. The number of benzene rings is 4. The number of halogens is 2. The lowest BCUT2D eigenvalue weighted by Gasteiger charge is -2.13. The maximum atomic E-state index is 14.9. The molecule has 0 unspecified atom stereocenters. The van der Waals surface area contributed by atoms with E-state index in [0.717, 1.165) is 26.9 Å². The summed E-state index contributed by atoms with van der Waals surface area (Å²) < 4.78 is 42.0. The molecule has 0 amide bonds. The van der Waals surface area contributed by atoms with Crippen LogP contribution >= 0.6 is 0 Å². The molecular weight excluding hydrogens is 481 g/mol. The smallest absolute Gasteiger partial charge is 0.496 e. The highest BCUT2D eigenvalue weighted by Crippen LogP contribution is 2.42. The molecule has 5 aromatic rings. The van der Waals surface area contributed by atoms with E-state index in [4.69, 9.17) is 14.5 Å². The largest absolute Gasteiger partial charge is 0.678 e. The first-order chi connectivity index (χ1) is 18.6. The quantitative estimate of drug-likeness (QED) is 0.225. The van der Waals surface area contributed by atoms with Crippen LogP contribution in [0.5, 0.6) is 11.5 Å². The molecule has 0 spiro atoms. The fraction of sp³-hybridized carbons (Fsp3) is 0.0645. The van der Waals surface area contributed by atoms with E-state index in [0.29, 0.717) is 44.9 Å². The van der Waals surface area contributed by atoms with Crippen LogP contribution in [0.3, 0.4) is 0 Å². The summed E-state index contributed by atoms with van der Waals surface area (Å²) in [5.41, 5.74) is 5.38. The van der Waals surface area contributed by atoms with Crippen molar-refractivity contribution < 1.29 is 18.1 Å². The molecule has 4 nitrogen and oxygen atoms in total. The van der Waals surface area contributed by atoms with Crippen LogP contribution in [0.1, 0.15) is 22.4 Å². The minimum absolute atomic E-state index is 0.381. The number of fused-ring (bicyclic) bond motifs is 2. The summed E-state index contributed by atoms with van der Waals surface area (Å²) in [6.07, 6.45) is 1.76. The second-order valence-corrected chi connectivity index (χ2v) is 8.86.